The molecule has 0 fully saturated rings. The van der Waals surface area contributed by atoms with Gasteiger partial charge >= 0.3 is 5.97 Å². The lowest BCUT2D eigenvalue weighted by Gasteiger charge is -2.16. The molecule has 0 unspecified atom stereocenters. The van der Waals surface area contributed by atoms with Crippen molar-refractivity contribution in [3.8, 4) is 16.8 Å². The highest BCUT2D eigenvalue weighted by Crippen LogP contribution is 2.42. The predicted octanol–water partition coefficient (Wildman–Crippen LogP) is 6.50. The van der Waals surface area contributed by atoms with Crippen LogP contribution in [-0.2, 0) is 6.54 Å². The molecule has 1 N–H and O–H groups in total. The summed E-state index contributed by atoms with van der Waals surface area (Å²) in [5.74, 6) is -1.05. The van der Waals surface area contributed by atoms with Crippen molar-refractivity contribution in [2.45, 2.75) is 33.2 Å². The largest absolute Gasteiger partial charge is 0.478 e. The molecule has 1 aliphatic heterocycles. The second-order valence-electron chi connectivity index (χ2n) is 8.61. The van der Waals surface area contributed by atoms with Gasteiger partial charge in [0.05, 0.1) is 17.6 Å². The molecular weight excluding hydrogens is 403 g/mol. The van der Waals surface area contributed by atoms with E-state index < -0.39 is 5.97 Å². The number of aromatic carboxylic acids is 1. The maximum absolute atomic E-state index is 14.1. The number of aliphatic imine (C=N–C) groups is 1. The summed E-state index contributed by atoms with van der Waals surface area (Å²) in [4.78, 5) is 16.1. The van der Waals surface area contributed by atoms with Crippen molar-refractivity contribution in [2.75, 3.05) is 0 Å². The molecule has 0 saturated heterocycles. The smallest absolute Gasteiger partial charge is 0.335 e. The number of rotatable bonds is 4. The summed E-state index contributed by atoms with van der Waals surface area (Å²) in [5, 5.41) is 10.6. The Hall–Kier alpha value is -3.73. The molecule has 0 aliphatic carbocycles. The van der Waals surface area contributed by atoms with Gasteiger partial charge < -0.3 is 9.67 Å². The van der Waals surface area contributed by atoms with E-state index in [9.17, 15) is 14.3 Å². The van der Waals surface area contributed by atoms with E-state index in [0.29, 0.717) is 12.1 Å². The summed E-state index contributed by atoms with van der Waals surface area (Å²) in [6.07, 6.45) is 1.89. The van der Waals surface area contributed by atoms with Crippen molar-refractivity contribution in [2.24, 2.45) is 4.99 Å². The molecular formula is C27H23FN2O2. The van der Waals surface area contributed by atoms with E-state index in [0.717, 1.165) is 44.5 Å². The molecule has 0 bridgehead atoms. The first-order chi connectivity index (χ1) is 15.3. The number of benzene rings is 3. The van der Waals surface area contributed by atoms with Gasteiger partial charge in [0.25, 0.3) is 0 Å². The Kier molecular flexibility index (Phi) is 4.70. The first kappa shape index (κ1) is 20.2. The molecule has 5 rings (SSSR count). The molecule has 4 nitrogen and oxygen atoms in total. The van der Waals surface area contributed by atoms with Gasteiger partial charge in [-0.1, -0.05) is 26.0 Å². The minimum atomic E-state index is -0.954. The van der Waals surface area contributed by atoms with Crippen molar-refractivity contribution in [1.82, 2.24) is 4.57 Å². The number of nitrogens with zero attached hydrogens (tertiary/aromatic N) is 2. The van der Waals surface area contributed by atoms with E-state index >= 15 is 0 Å². The van der Waals surface area contributed by atoms with Crippen LogP contribution < -0.4 is 0 Å². The van der Waals surface area contributed by atoms with Crippen molar-refractivity contribution in [3.05, 3.63) is 88.4 Å². The van der Waals surface area contributed by atoms with Gasteiger partial charge in [0, 0.05) is 28.5 Å². The first-order valence-electron chi connectivity index (χ1n) is 10.7. The Morgan fingerprint density at radius 3 is 2.66 bits per heavy atom. The molecule has 4 aromatic rings. The quantitative estimate of drug-likeness (QED) is 0.405. The summed E-state index contributed by atoms with van der Waals surface area (Å²) in [5.41, 5.74) is 7.87. The standard InChI is InChI=1S/C27H23FN2O2/c1-15(2)26-25(17-5-4-6-18(10-17)27(31)32)22-11-19-13-29-14-20(19)12-24(22)30(26)21-7-8-23(28)16(3)9-21/h4-12,14-15H,13H2,1-3H3,(H,31,32). The third kappa shape index (κ3) is 3.12. The summed E-state index contributed by atoms with van der Waals surface area (Å²) in [6, 6.07) is 16.5. The number of aryl methyl sites for hydroxylation is 1. The highest BCUT2D eigenvalue weighted by atomic mass is 19.1. The maximum Gasteiger partial charge on any atom is 0.335 e. The average Bonchev–Trinajstić information content (AvgIpc) is 3.35. The van der Waals surface area contributed by atoms with Crippen LogP contribution in [0.4, 0.5) is 4.39 Å². The Balaban J connectivity index is 1.92. The fourth-order valence-corrected chi connectivity index (χ4v) is 4.62. The number of carboxylic acid groups (broad SMARTS) is 1. The van der Waals surface area contributed by atoms with Crippen molar-refractivity contribution in [3.63, 3.8) is 0 Å². The zero-order valence-corrected chi connectivity index (χ0v) is 18.2. The normalized spacial score (nSPS) is 12.7. The molecule has 3 aromatic carbocycles. The SMILES string of the molecule is Cc1cc(-n2c(C(C)C)c(-c3cccc(C(=O)O)c3)c3cc4c(cc32)C=NC4)ccc1F. The van der Waals surface area contributed by atoms with Crippen molar-refractivity contribution >= 4 is 23.1 Å². The highest BCUT2D eigenvalue weighted by molar-refractivity contribution is 6.04. The number of carbonyl (C=O) groups is 1. The lowest BCUT2D eigenvalue weighted by molar-refractivity contribution is 0.0697. The van der Waals surface area contributed by atoms with Crippen LogP contribution in [0.25, 0.3) is 27.7 Å². The zero-order valence-electron chi connectivity index (χ0n) is 18.2. The van der Waals surface area contributed by atoms with Gasteiger partial charge in [-0.25, -0.2) is 9.18 Å². The predicted molar refractivity (Wildman–Crippen MR) is 126 cm³/mol. The molecule has 1 aliphatic rings. The molecule has 32 heavy (non-hydrogen) atoms. The third-order valence-corrected chi connectivity index (χ3v) is 6.10. The number of hydrogen-bond acceptors (Lipinski definition) is 2. The van der Waals surface area contributed by atoms with Crippen LogP contribution in [0.1, 0.15) is 52.5 Å². The Bertz CT molecular complexity index is 1430. The van der Waals surface area contributed by atoms with Gasteiger partial charge in [-0.3, -0.25) is 4.99 Å². The van der Waals surface area contributed by atoms with Crippen LogP contribution in [0, 0.1) is 12.7 Å². The molecule has 0 atom stereocenters. The lowest BCUT2D eigenvalue weighted by Crippen LogP contribution is -2.04. The maximum atomic E-state index is 14.1. The van der Waals surface area contributed by atoms with Gasteiger partial charge in [0.1, 0.15) is 5.82 Å². The first-order valence-corrected chi connectivity index (χ1v) is 10.7. The minimum absolute atomic E-state index is 0.139. The highest BCUT2D eigenvalue weighted by Gasteiger charge is 2.24. The van der Waals surface area contributed by atoms with E-state index in [1.807, 2.05) is 18.3 Å². The van der Waals surface area contributed by atoms with E-state index in [-0.39, 0.29) is 17.3 Å². The van der Waals surface area contributed by atoms with Gasteiger partial charge in [-0.05, 0) is 77.6 Å². The second-order valence-corrected chi connectivity index (χ2v) is 8.61. The van der Waals surface area contributed by atoms with Crippen LogP contribution >= 0.6 is 0 Å². The molecule has 0 saturated carbocycles. The van der Waals surface area contributed by atoms with Crippen LogP contribution in [-0.4, -0.2) is 21.9 Å². The molecule has 0 amide bonds. The number of hydrogen-bond donors (Lipinski definition) is 1. The average molecular weight is 426 g/mol. The summed E-state index contributed by atoms with van der Waals surface area (Å²) in [6.45, 7) is 6.65. The monoisotopic (exact) mass is 426 g/mol. The number of carboxylic acids is 1. The third-order valence-electron chi connectivity index (χ3n) is 6.10. The summed E-state index contributed by atoms with van der Waals surface area (Å²) in [7, 11) is 0. The van der Waals surface area contributed by atoms with E-state index in [1.165, 1.54) is 6.07 Å². The topological polar surface area (TPSA) is 54.6 Å². The fourth-order valence-electron chi connectivity index (χ4n) is 4.62. The van der Waals surface area contributed by atoms with E-state index in [4.69, 9.17) is 0 Å². The molecule has 0 spiro atoms. The fraction of sp³-hybridized carbons (Fsp3) is 0.185. The zero-order chi connectivity index (χ0) is 22.6. The van der Waals surface area contributed by atoms with Crippen LogP contribution in [0.3, 0.4) is 0 Å². The van der Waals surface area contributed by atoms with Crippen LogP contribution in [0.5, 0.6) is 0 Å². The van der Waals surface area contributed by atoms with E-state index in [2.05, 4.69) is 35.5 Å². The number of aromatic nitrogens is 1. The van der Waals surface area contributed by atoms with Gasteiger partial charge in [0.15, 0.2) is 0 Å². The summed E-state index contributed by atoms with van der Waals surface area (Å²) < 4.78 is 16.3. The van der Waals surface area contributed by atoms with Crippen LogP contribution in [0.15, 0.2) is 59.6 Å². The second kappa shape index (κ2) is 7.45. The number of fused-ring (bicyclic) bond motifs is 2. The Labute approximate surface area is 185 Å². The minimum Gasteiger partial charge on any atom is -0.478 e. The van der Waals surface area contributed by atoms with Crippen molar-refractivity contribution < 1.29 is 14.3 Å². The van der Waals surface area contributed by atoms with Gasteiger partial charge in [-0.15, -0.1) is 0 Å². The summed E-state index contributed by atoms with van der Waals surface area (Å²) >= 11 is 0. The molecule has 0 radical (unpaired) electrons. The molecule has 1 aromatic heterocycles. The van der Waals surface area contributed by atoms with Gasteiger partial charge in [-0.2, -0.15) is 0 Å². The lowest BCUT2D eigenvalue weighted by atomic mass is 9.94. The van der Waals surface area contributed by atoms with Gasteiger partial charge in [0.2, 0.25) is 0 Å². The molecule has 5 heteroatoms. The Morgan fingerprint density at radius 2 is 1.94 bits per heavy atom. The number of halogens is 1. The van der Waals surface area contributed by atoms with Crippen LogP contribution in [0.2, 0.25) is 0 Å². The Morgan fingerprint density at radius 1 is 1.12 bits per heavy atom. The molecule has 2 heterocycles. The van der Waals surface area contributed by atoms with E-state index in [1.54, 1.807) is 31.2 Å². The van der Waals surface area contributed by atoms with Crippen molar-refractivity contribution in [1.29, 1.82) is 0 Å². The molecule has 160 valence electrons.